The first-order valence-electron chi connectivity index (χ1n) is 5.37. The van der Waals surface area contributed by atoms with Gasteiger partial charge in [-0.15, -0.1) is 0 Å². The molecule has 17 heavy (non-hydrogen) atoms. The number of nitrogens with one attached hydrogen (secondary N) is 1. The Morgan fingerprint density at radius 3 is 2.47 bits per heavy atom. The van der Waals surface area contributed by atoms with Gasteiger partial charge in [-0.1, -0.05) is 0 Å². The highest BCUT2D eigenvalue weighted by molar-refractivity contribution is 6.01. The summed E-state index contributed by atoms with van der Waals surface area (Å²) < 4.78 is 1.59. The third kappa shape index (κ3) is 1.89. The van der Waals surface area contributed by atoms with E-state index in [2.05, 4.69) is 10.5 Å². The Bertz CT molecular complexity index is 463. The Hall–Kier alpha value is -1.89. The van der Waals surface area contributed by atoms with Crippen molar-refractivity contribution in [1.29, 1.82) is 0 Å². The van der Waals surface area contributed by atoms with Gasteiger partial charge < -0.3 is 5.43 Å². The fourth-order valence-electron chi connectivity index (χ4n) is 2.03. The number of likely N-dealkylation sites (tertiary alicyclic amines) is 1. The summed E-state index contributed by atoms with van der Waals surface area (Å²) in [6.45, 7) is 2.05. The highest BCUT2D eigenvalue weighted by Crippen LogP contribution is 2.23. The lowest BCUT2D eigenvalue weighted by Gasteiger charge is -2.14. The third-order valence-electron chi connectivity index (χ3n) is 2.95. The molecule has 2 amide bonds. The molecule has 1 saturated heterocycles. The van der Waals surface area contributed by atoms with E-state index >= 15 is 0 Å². The van der Waals surface area contributed by atoms with E-state index in [1.807, 2.05) is 6.92 Å². The molecule has 2 heterocycles. The lowest BCUT2D eigenvalue weighted by molar-refractivity contribution is -0.139. The van der Waals surface area contributed by atoms with Crippen LogP contribution in [-0.2, 0) is 23.2 Å². The number of nitrogens with two attached hydrogens (primary N) is 1. The summed E-state index contributed by atoms with van der Waals surface area (Å²) in [5, 5.41) is 4.20. The van der Waals surface area contributed by atoms with Crippen LogP contribution in [0, 0.1) is 6.92 Å². The van der Waals surface area contributed by atoms with Crippen LogP contribution in [0.2, 0.25) is 0 Å². The molecule has 3 N–H and O–H groups in total. The summed E-state index contributed by atoms with van der Waals surface area (Å²) in [5.74, 6) is 5.75. The molecule has 1 aliphatic rings. The minimum atomic E-state index is -0.138. The van der Waals surface area contributed by atoms with E-state index in [1.54, 1.807) is 11.7 Å². The number of rotatable bonds is 3. The molecule has 7 nitrogen and oxygen atoms in total. The SMILES string of the molecule is Cc1nn(C)c(NN)c1CN1C(=O)CCC1=O. The van der Waals surface area contributed by atoms with E-state index in [0.717, 1.165) is 11.3 Å². The van der Waals surface area contributed by atoms with E-state index in [0.29, 0.717) is 18.7 Å². The van der Waals surface area contributed by atoms with Crippen molar-refractivity contribution in [1.82, 2.24) is 14.7 Å². The molecule has 0 aliphatic carbocycles. The van der Waals surface area contributed by atoms with Gasteiger partial charge in [0.2, 0.25) is 11.8 Å². The van der Waals surface area contributed by atoms with Crippen LogP contribution in [0.3, 0.4) is 0 Å². The van der Waals surface area contributed by atoms with E-state index in [-0.39, 0.29) is 18.4 Å². The fraction of sp³-hybridized carbons (Fsp3) is 0.500. The topological polar surface area (TPSA) is 93.2 Å². The summed E-state index contributed by atoms with van der Waals surface area (Å²) in [6.07, 6.45) is 0.590. The number of anilines is 1. The van der Waals surface area contributed by atoms with Crippen molar-refractivity contribution < 1.29 is 9.59 Å². The predicted molar refractivity (Wildman–Crippen MR) is 60.5 cm³/mol. The van der Waals surface area contributed by atoms with Crippen LogP contribution in [0.25, 0.3) is 0 Å². The largest absolute Gasteiger partial charge is 0.308 e. The van der Waals surface area contributed by atoms with Gasteiger partial charge in [-0.25, -0.2) is 5.84 Å². The molecule has 0 bridgehead atoms. The minimum Gasteiger partial charge on any atom is -0.308 e. The summed E-state index contributed by atoms with van der Waals surface area (Å²) >= 11 is 0. The number of hydrazine groups is 1. The molecule has 0 atom stereocenters. The van der Waals surface area contributed by atoms with Crippen LogP contribution < -0.4 is 11.3 Å². The molecule has 92 valence electrons. The molecular formula is C10H15N5O2. The van der Waals surface area contributed by atoms with Crippen molar-refractivity contribution in [2.75, 3.05) is 5.43 Å². The molecule has 1 aromatic heterocycles. The van der Waals surface area contributed by atoms with E-state index in [1.165, 1.54) is 4.90 Å². The van der Waals surface area contributed by atoms with Crippen molar-refractivity contribution in [3.05, 3.63) is 11.3 Å². The normalized spacial score (nSPS) is 15.8. The monoisotopic (exact) mass is 237 g/mol. The number of nitrogens with zero attached hydrogens (tertiary/aromatic N) is 3. The number of nitrogen functional groups attached to an aromatic ring is 1. The molecule has 0 saturated carbocycles. The fourth-order valence-corrected chi connectivity index (χ4v) is 2.03. The zero-order chi connectivity index (χ0) is 12.6. The van der Waals surface area contributed by atoms with Crippen molar-refractivity contribution >= 4 is 17.6 Å². The summed E-state index contributed by atoms with van der Waals surface area (Å²) in [4.78, 5) is 24.3. The third-order valence-corrected chi connectivity index (χ3v) is 2.95. The van der Waals surface area contributed by atoms with Gasteiger partial charge in [-0.3, -0.25) is 19.2 Å². The number of aromatic nitrogens is 2. The Morgan fingerprint density at radius 1 is 1.35 bits per heavy atom. The Morgan fingerprint density at radius 2 is 1.94 bits per heavy atom. The highest BCUT2D eigenvalue weighted by atomic mass is 16.2. The summed E-state index contributed by atoms with van der Waals surface area (Å²) in [5.41, 5.74) is 4.07. The first kappa shape index (κ1) is 11.6. The maximum Gasteiger partial charge on any atom is 0.230 e. The molecule has 1 aliphatic heterocycles. The second-order valence-electron chi connectivity index (χ2n) is 4.05. The molecule has 0 aromatic carbocycles. The average molecular weight is 237 g/mol. The number of hydrogen-bond donors (Lipinski definition) is 2. The molecule has 1 aromatic rings. The van der Waals surface area contributed by atoms with Crippen molar-refractivity contribution in [2.24, 2.45) is 12.9 Å². The van der Waals surface area contributed by atoms with Gasteiger partial charge in [-0.05, 0) is 6.92 Å². The zero-order valence-corrected chi connectivity index (χ0v) is 9.86. The maximum absolute atomic E-state index is 11.5. The average Bonchev–Trinajstić information content (AvgIpc) is 2.73. The van der Waals surface area contributed by atoms with Crippen molar-refractivity contribution in [3.63, 3.8) is 0 Å². The molecule has 0 radical (unpaired) electrons. The van der Waals surface area contributed by atoms with Gasteiger partial charge in [0.1, 0.15) is 5.82 Å². The standard InChI is InChI=1S/C10H15N5O2/c1-6-7(10(12-11)14(2)13-6)5-15-8(16)3-4-9(15)17/h12H,3-5,11H2,1-2H3. The van der Waals surface area contributed by atoms with Crippen LogP contribution in [0.4, 0.5) is 5.82 Å². The van der Waals surface area contributed by atoms with Crippen LogP contribution in [-0.4, -0.2) is 26.5 Å². The lowest BCUT2D eigenvalue weighted by atomic mass is 10.2. The van der Waals surface area contributed by atoms with Gasteiger partial charge in [0.05, 0.1) is 12.2 Å². The molecular weight excluding hydrogens is 222 g/mol. The van der Waals surface area contributed by atoms with Crippen LogP contribution >= 0.6 is 0 Å². The molecule has 7 heteroatoms. The number of carbonyl (C=O) groups excluding carboxylic acids is 2. The van der Waals surface area contributed by atoms with Crippen LogP contribution in [0.15, 0.2) is 0 Å². The summed E-state index contributed by atoms with van der Waals surface area (Å²) in [6, 6.07) is 0. The first-order valence-corrected chi connectivity index (χ1v) is 5.37. The Labute approximate surface area is 98.5 Å². The number of amides is 2. The number of aryl methyl sites for hydroxylation is 2. The predicted octanol–water partition coefficient (Wildman–Crippen LogP) is -0.337. The van der Waals surface area contributed by atoms with Gasteiger partial charge in [0.15, 0.2) is 0 Å². The zero-order valence-electron chi connectivity index (χ0n) is 9.86. The quantitative estimate of drug-likeness (QED) is 0.426. The number of carbonyl (C=O) groups is 2. The second-order valence-corrected chi connectivity index (χ2v) is 4.05. The van der Waals surface area contributed by atoms with E-state index in [4.69, 9.17) is 5.84 Å². The van der Waals surface area contributed by atoms with E-state index < -0.39 is 0 Å². The molecule has 0 unspecified atom stereocenters. The summed E-state index contributed by atoms with van der Waals surface area (Å²) in [7, 11) is 1.75. The van der Waals surface area contributed by atoms with Crippen molar-refractivity contribution in [2.45, 2.75) is 26.3 Å². The van der Waals surface area contributed by atoms with Gasteiger partial charge in [-0.2, -0.15) is 5.10 Å². The van der Waals surface area contributed by atoms with Crippen molar-refractivity contribution in [3.8, 4) is 0 Å². The minimum absolute atomic E-state index is 0.138. The molecule has 0 spiro atoms. The van der Waals surface area contributed by atoms with Gasteiger partial charge in [0, 0.05) is 25.5 Å². The smallest absolute Gasteiger partial charge is 0.230 e. The molecule has 2 rings (SSSR count). The van der Waals surface area contributed by atoms with Crippen LogP contribution in [0.5, 0.6) is 0 Å². The number of imide groups is 1. The Kier molecular flexibility index (Phi) is 2.84. The Balaban J connectivity index is 2.29. The second kappa shape index (κ2) is 4.17. The molecule has 1 fully saturated rings. The highest BCUT2D eigenvalue weighted by Gasteiger charge is 2.30. The lowest BCUT2D eigenvalue weighted by Crippen LogP contribution is -2.29. The van der Waals surface area contributed by atoms with Gasteiger partial charge >= 0.3 is 0 Å². The van der Waals surface area contributed by atoms with Crippen LogP contribution in [0.1, 0.15) is 24.1 Å². The van der Waals surface area contributed by atoms with Gasteiger partial charge in [0.25, 0.3) is 0 Å². The van der Waals surface area contributed by atoms with E-state index in [9.17, 15) is 9.59 Å². The number of hydrogen-bond acceptors (Lipinski definition) is 5. The maximum atomic E-state index is 11.5. The first-order chi connectivity index (χ1) is 8.04.